The number of hydrogen-bond donors (Lipinski definition) is 1. The Morgan fingerprint density at radius 2 is 1.54 bits per heavy atom. The molecule has 0 spiro atoms. The summed E-state index contributed by atoms with van der Waals surface area (Å²) in [5, 5.41) is 16.3. The summed E-state index contributed by atoms with van der Waals surface area (Å²) in [6.45, 7) is 0.137. The van der Waals surface area contributed by atoms with E-state index in [9.17, 15) is 23.1 Å². The number of hydrazone groups is 1. The largest absolute Gasteiger partial charge is 0.545 e. The number of rotatable bonds is 6. The molecular formula is C26H18N3O5S-. The van der Waals surface area contributed by atoms with Crippen LogP contribution in [0.15, 0.2) is 94.9 Å². The van der Waals surface area contributed by atoms with E-state index < -0.39 is 21.9 Å². The number of benzene rings is 4. The molecule has 0 fully saturated rings. The first-order valence-electron chi connectivity index (χ1n) is 10.6. The van der Waals surface area contributed by atoms with Gasteiger partial charge in [-0.3, -0.25) is 9.10 Å². The van der Waals surface area contributed by atoms with Crippen LogP contribution in [0.4, 0.5) is 5.69 Å². The molecule has 0 radical (unpaired) electrons. The van der Waals surface area contributed by atoms with E-state index in [0.29, 0.717) is 21.7 Å². The lowest BCUT2D eigenvalue weighted by Gasteiger charge is -2.19. The zero-order valence-electron chi connectivity index (χ0n) is 18.2. The Morgan fingerprint density at radius 1 is 0.886 bits per heavy atom. The standard InChI is InChI=1S/C26H19N3O5S/c30-25(28-27-15-17-7-13-21(14-8-17)26(31)32)20-11-9-18(10-12-20)16-29-22-5-1-3-19-4-2-6-23(24(19)22)35(29,33)34/h1-15H,16H2,(H,28,30)(H,31,32)/p-1/b27-15-. The molecule has 1 heterocycles. The van der Waals surface area contributed by atoms with Crippen LogP contribution in [0, 0.1) is 0 Å². The molecule has 0 aliphatic carbocycles. The molecule has 174 valence electrons. The number of carboxylic acids is 1. The first-order chi connectivity index (χ1) is 16.8. The number of hydrogen-bond acceptors (Lipinski definition) is 6. The van der Waals surface area contributed by atoms with Crippen molar-refractivity contribution in [2.45, 2.75) is 11.4 Å². The lowest BCUT2D eigenvalue weighted by Crippen LogP contribution is -2.26. The van der Waals surface area contributed by atoms with Gasteiger partial charge in [0.1, 0.15) is 0 Å². The van der Waals surface area contributed by atoms with Crippen molar-refractivity contribution in [3.8, 4) is 0 Å². The van der Waals surface area contributed by atoms with Crippen LogP contribution in [0.2, 0.25) is 0 Å². The molecule has 35 heavy (non-hydrogen) atoms. The summed E-state index contributed by atoms with van der Waals surface area (Å²) in [4.78, 5) is 23.5. The molecule has 4 aromatic rings. The van der Waals surface area contributed by atoms with Crippen LogP contribution >= 0.6 is 0 Å². The molecule has 1 N–H and O–H groups in total. The van der Waals surface area contributed by atoms with Gasteiger partial charge in [0.2, 0.25) is 0 Å². The number of carbonyl (C=O) groups excluding carboxylic acids is 2. The normalized spacial score (nSPS) is 13.9. The van der Waals surface area contributed by atoms with Crippen molar-refractivity contribution in [3.05, 3.63) is 107 Å². The Morgan fingerprint density at radius 3 is 2.23 bits per heavy atom. The van der Waals surface area contributed by atoms with Crippen molar-refractivity contribution in [1.29, 1.82) is 0 Å². The van der Waals surface area contributed by atoms with Crippen molar-refractivity contribution in [2.24, 2.45) is 5.10 Å². The monoisotopic (exact) mass is 484 g/mol. The van der Waals surface area contributed by atoms with E-state index in [1.165, 1.54) is 22.7 Å². The molecule has 0 saturated carbocycles. The fraction of sp³-hybridized carbons (Fsp3) is 0.0385. The summed E-state index contributed by atoms with van der Waals surface area (Å²) in [7, 11) is -3.67. The number of sulfonamides is 1. The van der Waals surface area contributed by atoms with E-state index in [-0.39, 0.29) is 12.1 Å². The van der Waals surface area contributed by atoms with Gasteiger partial charge in [-0.15, -0.1) is 0 Å². The van der Waals surface area contributed by atoms with E-state index in [4.69, 9.17) is 0 Å². The highest BCUT2D eigenvalue weighted by molar-refractivity contribution is 7.93. The second-order valence-corrected chi connectivity index (χ2v) is 9.78. The van der Waals surface area contributed by atoms with E-state index in [1.54, 1.807) is 54.6 Å². The molecule has 8 nitrogen and oxygen atoms in total. The highest BCUT2D eigenvalue weighted by atomic mass is 32.2. The minimum absolute atomic E-state index is 0.0496. The number of amides is 1. The molecule has 4 aromatic carbocycles. The molecule has 0 saturated heterocycles. The van der Waals surface area contributed by atoms with Crippen LogP contribution in [-0.4, -0.2) is 26.5 Å². The first kappa shape index (κ1) is 22.3. The van der Waals surface area contributed by atoms with Gasteiger partial charge in [0.25, 0.3) is 15.9 Å². The Bertz CT molecular complexity index is 1590. The van der Waals surface area contributed by atoms with Gasteiger partial charge in [-0.25, -0.2) is 13.8 Å². The second kappa shape index (κ2) is 8.69. The average Bonchev–Trinajstić information content (AvgIpc) is 3.08. The molecule has 0 unspecified atom stereocenters. The lowest BCUT2D eigenvalue weighted by molar-refractivity contribution is -0.255. The lowest BCUT2D eigenvalue weighted by atomic mass is 10.1. The highest BCUT2D eigenvalue weighted by Gasteiger charge is 2.35. The Kier molecular flexibility index (Phi) is 5.54. The number of carboxylic acid groups (broad SMARTS) is 1. The van der Waals surface area contributed by atoms with E-state index >= 15 is 0 Å². The maximum Gasteiger partial charge on any atom is 0.271 e. The van der Waals surface area contributed by atoms with E-state index in [0.717, 1.165) is 16.3 Å². The summed E-state index contributed by atoms with van der Waals surface area (Å²) in [6.07, 6.45) is 1.39. The summed E-state index contributed by atoms with van der Waals surface area (Å²) in [5.41, 5.74) is 4.79. The number of nitrogens with one attached hydrogen (secondary N) is 1. The highest BCUT2D eigenvalue weighted by Crippen LogP contribution is 2.42. The van der Waals surface area contributed by atoms with Crippen LogP contribution in [0.3, 0.4) is 0 Å². The third kappa shape index (κ3) is 4.13. The fourth-order valence-electron chi connectivity index (χ4n) is 3.99. The third-order valence-corrected chi connectivity index (χ3v) is 7.55. The number of aromatic carboxylic acids is 1. The van der Waals surface area contributed by atoms with Crippen molar-refractivity contribution in [3.63, 3.8) is 0 Å². The number of anilines is 1. The quantitative estimate of drug-likeness (QED) is 0.333. The van der Waals surface area contributed by atoms with Crippen molar-refractivity contribution < 1.29 is 23.1 Å². The molecule has 1 amide bonds. The molecule has 0 bridgehead atoms. The molecule has 9 heteroatoms. The zero-order chi connectivity index (χ0) is 24.6. The molecule has 0 aromatic heterocycles. The third-order valence-electron chi connectivity index (χ3n) is 5.75. The van der Waals surface area contributed by atoms with Gasteiger partial charge in [-0.1, -0.05) is 60.7 Å². The maximum absolute atomic E-state index is 13.1. The molecule has 5 rings (SSSR count). The van der Waals surface area contributed by atoms with Gasteiger partial charge in [0.05, 0.1) is 29.3 Å². The van der Waals surface area contributed by atoms with Crippen LogP contribution in [0.25, 0.3) is 10.8 Å². The summed E-state index contributed by atoms with van der Waals surface area (Å²) < 4.78 is 27.7. The van der Waals surface area contributed by atoms with Crippen molar-refractivity contribution in [2.75, 3.05) is 4.31 Å². The van der Waals surface area contributed by atoms with E-state index in [2.05, 4.69) is 10.5 Å². The molecule has 1 aliphatic heterocycles. The summed E-state index contributed by atoms with van der Waals surface area (Å²) in [6, 6.07) is 23.2. The molecule has 1 aliphatic rings. The first-order valence-corrected chi connectivity index (χ1v) is 12.1. The van der Waals surface area contributed by atoms with Gasteiger partial charge in [-0.05, 0) is 46.3 Å². The van der Waals surface area contributed by atoms with Gasteiger partial charge in [0.15, 0.2) is 0 Å². The smallest absolute Gasteiger partial charge is 0.271 e. The van der Waals surface area contributed by atoms with Crippen LogP contribution in [-0.2, 0) is 16.6 Å². The van der Waals surface area contributed by atoms with E-state index in [1.807, 2.05) is 18.2 Å². The summed E-state index contributed by atoms with van der Waals surface area (Å²) >= 11 is 0. The zero-order valence-corrected chi connectivity index (χ0v) is 19.0. The second-order valence-electron chi connectivity index (χ2n) is 7.95. The minimum Gasteiger partial charge on any atom is -0.545 e. The summed E-state index contributed by atoms with van der Waals surface area (Å²) in [5.74, 6) is -1.71. The molecular weight excluding hydrogens is 466 g/mol. The maximum atomic E-state index is 13.1. The van der Waals surface area contributed by atoms with Crippen molar-refractivity contribution >= 4 is 44.6 Å². The average molecular weight is 485 g/mol. The Balaban J connectivity index is 1.28. The minimum atomic E-state index is -3.67. The fourth-order valence-corrected chi connectivity index (χ4v) is 5.69. The molecule has 0 atom stereocenters. The topological polar surface area (TPSA) is 119 Å². The van der Waals surface area contributed by atoms with Crippen molar-refractivity contribution in [1.82, 2.24) is 5.43 Å². The number of nitrogens with zero attached hydrogens (tertiary/aromatic N) is 2. The SMILES string of the molecule is O=C([O-])c1ccc(/C=N\NC(=O)c2ccc(CN3c4cccc5cccc(c45)S3(=O)=O)cc2)cc1. The number of carbonyl (C=O) groups is 2. The van der Waals surface area contributed by atoms with Crippen LogP contribution < -0.4 is 14.8 Å². The predicted octanol–water partition coefficient (Wildman–Crippen LogP) is 2.68. The van der Waals surface area contributed by atoms with Gasteiger partial charge in [-0.2, -0.15) is 5.10 Å². The van der Waals surface area contributed by atoms with Gasteiger partial charge in [0, 0.05) is 10.9 Å². The van der Waals surface area contributed by atoms with Gasteiger partial charge < -0.3 is 9.90 Å². The Hall–Kier alpha value is -4.50. The predicted molar refractivity (Wildman–Crippen MR) is 130 cm³/mol. The van der Waals surface area contributed by atoms with Gasteiger partial charge >= 0.3 is 0 Å². The Labute approximate surface area is 201 Å². The van der Waals surface area contributed by atoms with Crippen LogP contribution in [0.1, 0.15) is 31.8 Å². The van der Waals surface area contributed by atoms with Crippen LogP contribution in [0.5, 0.6) is 0 Å².